The van der Waals surface area contributed by atoms with Crippen LogP contribution in [0.2, 0.25) is 0 Å². The van der Waals surface area contributed by atoms with Crippen molar-refractivity contribution < 1.29 is 14.7 Å². The van der Waals surface area contributed by atoms with Gasteiger partial charge in [0.05, 0.1) is 6.42 Å². The molecular weight excluding hydrogens is 288 g/mol. The number of nitrogens with one attached hydrogen (secondary N) is 1. The summed E-state index contributed by atoms with van der Waals surface area (Å²) in [4.78, 5) is 26.5. The third-order valence-electron chi connectivity index (χ3n) is 3.82. The van der Waals surface area contributed by atoms with Crippen molar-refractivity contribution in [3.63, 3.8) is 0 Å². The van der Waals surface area contributed by atoms with Gasteiger partial charge in [-0.3, -0.25) is 4.79 Å². The van der Waals surface area contributed by atoms with Gasteiger partial charge in [-0.25, -0.2) is 4.79 Å². The molecule has 0 aromatic carbocycles. The van der Waals surface area contributed by atoms with Crippen LogP contribution in [0.3, 0.4) is 0 Å². The average molecular weight is 310 g/mol. The number of carboxylic acids is 1. The van der Waals surface area contributed by atoms with Crippen LogP contribution in [0.15, 0.2) is 11.4 Å². The zero-order valence-electron chi connectivity index (χ0n) is 12.7. The Morgan fingerprint density at radius 3 is 2.81 bits per heavy atom. The fourth-order valence-corrected chi connectivity index (χ4v) is 3.30. The predicted octanol–water partition coefficient (Wildman–Crippen LogP) is 2.71. The van der Waals surface area contributed by atoms with E-state index in [1.54, 1.807) is 16.2 Å². The van der Waals surface area contributed by atoms with Gasteiger partial charge in [-0.15, -0.1) is 11.3 Å². The van der Waals surface area contributed by atoms with Crippen molar-refractivity contribution in [1.29, 1.82) is 0 Å². The van der Waals surface area contributed by atoms with Crippen molar-refractivity contribution in [2.24, 2.45) is 5.41 Å². The van der Waals surface area contributed by atoms with E-state index < -0.39 is 5.97 Å². The number of hydrogen-bond donors (Lipinski definition) is 2. The Morgan fingerprint density at radius 1 is 1.48 bits per heavy atom. The number of nitrogens with zero attached hydrogens (tertiary/aromatic N) is 1. The highest BCUT2D eigenvalue weighted by Crippen LogP contribution is 2.25. The average Bonchev–Trinajstić information content (AvgIpc) is 2.83. The lowest BCUT2D eigenvalue weighted by Gasteiger charge is -2.34. The maximum Gasteiger partial charge on any atom is 0.317 e. The molecule has 1 aromatic rings. The van der Waals surface area contributed by atoms with Crippen molar-refractivity contribution in [3.8, 4) is 0 Å². The summed E-state index contributed by atoms with van der Waals surface area (Å²) in [6.07, 6.45) is 0.812. The van der Waals surface area contributed by atoms with Crippen LogP contribution >= 0.6 is 11.3 Å². The number of carbonyl (C=O) groups excluding carboxylic acids is 1. The maximum absolute atomic E-state index is 12.4. The molecule has 1 aromatic heterocycles. The third kappa shape index (κ3) is 3.97. The van der Waals surface area contributed by atoms with Crippen molar-refractivity contribution in [3.05, 3.63) is 21.9 Å². The van der Waals surface area contributed by atoms with E-state index in [1.165, 1.54) is 10.4 Å². The highest BCUT2D eigenvalue weighted by Gasteiger charge is 2.31. The van der Waals surface area contributed by atoms with E-state index in [2.05, 4.69) is 16.8 Å². The van der Waals surface area contributed by atoms with Gasteiger partial charge in [0, 0.05) is 24.0 Å². The minimum Gasteiger partial charge on any atom is -0.481 e. The number of rotatable bonds is 3. The molecule has 0 fully saturated rings. The summed E-state index contributed by atoms with van der Waals surface area (Å²) in [5.74, 6) is -0.894. The standard InChI is InChI=1S/C15H22N2O3S/c1-15(2,3)12(8-13(18)19)16-14(20)17-6-4-11-10(9-17)5-7-21-11/h5,7,12H,4,6,8-9H2,1-3H3,(H,16,20)(H,18,19). The smallest absolute Gasteiger partial charge is 0.317 e. The summed E-state index contributed by atoms with van der Waals surface area (Å²) < 4.78 is 0. The lowest BCUT2D eigenvalue weighted by atomic mass is 9.85. The normalized spacial score (nSPS) is 16.2. The van der Waals surface area contributed by atoms with E-state index in [-0.39, 0.29) is 23.9 Å². The summed E-state index contributed by atoms with van der Waals surface area (Å²) in [5, 5.41) is 13.9. The van der Waals surface area contributed by atoms with E-state index in [1.807, 2.05) is 20.8 Å². The Hall–Kier alpha value is -1.56. The molecule has 0 spiro atoms. The number of carboxylic acid groups (broad SMARTS) is 1. The molecule has 5 nitrogen and oxygen atoms in total. The van der Waals surface area contributed by atoms with Gasteiger partial charge in [0.15, 0.2) is 0 Å². The number of fused-ring (bicyclic) bond motifs is 1. The van der Waals surface area contributed by atoms with Gasteiger partial charge in [-0.1, -0.05) is 20.8 Å². The van der Waals surface area contributed by atoms with E-state index in [9.17, 15) is 9.59 Å². The van der Waals surface area contributed by atoms with E-state index in [0.717, 1.165) is 6.42 Å². The Kier molecular flexibility index (Phi) is 4.56. The summed E-state index contributed by atoms with van der Waals surface area (Å²) in [6.45, 7) is 7.11. The lowest BCUT2D eigenvalue weighted by molar-refractivity contribution is -0.138. The lowest BCUT2D eigenvalue weighted by Crippen LogP contribution is -2.51. The van der Waals surface area contributed by atoms with Crippen molar-refractivity contribution in [2.45, 2.75) is 46.2 Å². The number of carbonyl (C=O) groups is 2. The molecule has 6 heteroatoms. The molecule has 2 amide bonds. The molecule has 0 aliphatic carbocycles. The fraction of sp³-hybridized carbons (Fsp3) is 0.600. The van der Waals surface area contributed by atoms with Gasteiger partial charge in [0.2, 0.25) is 0 Å². The summed E-state index contributed by atoms with van der Waals surface area (Å²) in [7, 11) is 0. The van der Waals surface area contributed by atoms with Gasteiger partial charge in [0.1, 0.15) is 0 Å². The summed E-state index contributed by atoms with van der Waals surface area (Å²) in [6, 6.07) is 1.50. The predicted molar refractivity (Wildman–Crippen MR) is 82.5 cm³/mol. The molecule has 2 N–H and O–H groups in total. The molecular formula is C15H22N2O3S. The zero-order valence-corrected chi connectivity index (χ0v) is 13.5. The molecule has 1 aliphatic heterocycles. The molecule has 1 unspecified atom stereocenters. The van der Waals surface area contributed by atoms with Crippen molar-refractivity contribution >= 4 is 23.3 Å². The van der Waals surface area contributed by atoms with Crippen LogP contribution in [-0.2, 0) is 17.8 Å². The summed E-state index contributed by atoms with van der Waals surface area (Å²) in [5.41, 5.74) is 0.907. The van der Waals surface area contributed by atoms with Crippen LogP contribution in [0.1, 0.15) is 37.6 Å². The Labute approximate surface area is 129 Å². The van der Waals surface area contributed by atoms with E-state index in [4.69, 9.17) is 5.11 Å². The van der Waals surface area contributed by atoms with Crippen LogP contribution in [-0.4, -0.2) is 34.6 Å². The molecule has 0 bridgehead atoms. The second kappa shape index (κ2) is 6.05. The Morgan fingerprint density at radius 2 is 2.19 bits per heavy atom. The molecule has 1 aliphatic rings. The second-order valence-corrected chi connectivity index (χ2v) is 7.51. The summed E-state index contributed by atoms with van der Waals surface area (Å²) >= 11 is 1.73. The van der Waals surface area contributed by atoms with Gasteiger partial charge >= 0.3 is 12.0 Å². The first kappa shape index (κ1) is 15.8. The minimum absolute atomic E-state index is 0.0627. The maximum atomic E-state index is 12.4. The van der Waals surface area contributed by atoms with E-state index in [0.29, 0.717) is 13.1 Å². The Balaban J connectivity index is 2.01. The van der Waals surface area contributed by atoms with Gasteiger partial charge in [-0.2, -0.15) is 0 Å². The topological polar surface area (TPSA) is 69.6 Å². The number of thiophene rings is 1. The quantitative estimate of drug-likeness (QED) is 0.902. The molecule has 1 atom stereocenters. The van der Waals surface area contributed by atoms with Crippen LogP contribution in [0, 0.1) is 5.41 Å². The first-order valence-corrected chi connectivity index (χ1v) is 7.98. The largest absolute Gasteiger partial charge is 0.481 e. The molecule has 0 saturated heterocycles. The molecule has 116 valence electrons. The first-order valence-electron chi connectivity index (χ1n) is 7.10. The van der Waals surface area contributed by atoms with Crippen LogP contribution in [0.25, 0.3) is 0 Å². The second-order valence-electron chi connectivity index (χ2n) is 6.51. The number of hydrogen-bond acceptors (Lipinski definition) is 3. The van der Waals surface area contributed by atoms with Gasteiger partial charge < -0.3 is 15.3 Å². The number of urea groups is 1. The molecule has 0 radical (unpaired) electrons. The van der Waals surface area contributed by atoms with Crippen molar-refractivity contribution in [1.82, 2.24) is 10.2 Å². The van der Waals surface area contributed by atoms with Crippen LogP contribution in [0.4, 0.5) is 4.79 Å². The third-order valence-corrected chi connectivity index (χ3v) is 4.84. The fourth-order valence-electron chi connectivity index (χ4n) is 2.41. The Bertz CT molecular complexity index is 533. The van der Waals surface area contributed by atoms with E-state index >= 15 is 0 Å². The SMILES string of the molecule is CC(C)(C)C(CC(=O)O)NC(=O)N1CCc2sccc2C1. The first-order chi connectivity index (χ1) is 9.77. The number of amides is 2. The number of aliphatic carboxylic acids is 1. The highest BCUT2D eigenvalue weighted by molar-refractivity contribution is 7.10. The molecule has 0 saturated carbocycles. The molecule has 21 heavy (non-hydrogen) atoms. The van der Waals surface area contributed by atoms with Crippen LogP contribution < -0.4 is 5.32 Å². The molecule has 2 heterocycles. The van der Waals surface area contributed by atoms with Crippen molar-refractivity contribution in [2.75, 3.05) is 6.54 Å². The zero-order chi connectivity index (χ0) is 15.6. The van der Waals surface area contributed by atoms with Crippen LogP contribution in [0.5, 0.6) is 0 Å². The van der Waals surface area contributed by atoms with Gasteiger partial charge in [0.25, 0.3) is 0 Å². The molecule has 2 rings (SSSR count). The minimum atomic E-state index is -0.894. The van der Waals surface area contributed by atoms with Gasteiger partial charge in [-0.05, 0) is 28.8 Å². The highest BCUT2D eigenvalue weighted by atomic mass is 32.1. The monoisotopic (exact) mass is 310 g/mol.